The number of ether oxygens (including phenoxy) is 2. The maximum Gasteiger partial charge on any atom is 0.310 e. The minimum atomic E-state index is -0.298. The van der Waals surface area contributed by atoms with Gasteiger partial charge in [-0.3, -0.25) is 4.79 Å². The van der Waals surface area contributed by atoms with Gasteiger partial charge in [0.15, 0.2) is 5.84 Å². The molecule has 0 bridgehead atoms. The molecule has 0 spiro atoms. The number of benzene rings is 1. The van der Waals surface area contributed by atoms with Gasteiger partial charge < -0.3 is 23.8 Å². The van der Waals surface area contributed by atoms with E-state index in [-0.39, 0.29) is 17.9 Å². The van der Waals surface area contributed by atoms with Gasteiger partial charge in [0.05, 0.1) is 43.9 Å². The predicted molar refractivity (Wildman–Crippen MR) is 117 cm³/mol. The van der Waals surface area contributed by atoms with Gasteiger partial charge >= 0.3 is 5.97 Å². The summed E-state index contributed by atoms with van der Waals surface area (Å²) in [6, 6.07) is 5.99. The number of fused-ring (bicyclic) bond motifs is 1. The Labute approximate surface area is 182 Å². The Morgan fingerprint density at radius 3 is 2.90 bits per heavy atom. The van der Waals surface area contributed by atoms with Crippen molar-refractivity contribution in [3.63, 3.8) is 0 Å². The highest BCUT2D eigenvalue weighted by Gasteiger charge is 2.38. The molecule has 1 aromatic heterocycles. The Balaban J connectivity index is 1.62. The monoisotopic (exact) mass is 424 g/mol. The highest BCUT2D eigenvalue weighted by molar-refractivity contribution is 6.03. The summed E-state index contributed by atoms with van der Waals surface area (Å²) in [6.45, 7) is 5.05. The average Bonchev–Trinajstić information content (AvgIpc) is 3.23. The first-order chi connectivity index (χ1) is 15.0. The topological polar surface area (TPSA) is 78.2 Å². The molecule has 2 aliphatic heterocycles. The summed E-state index contributed by atoms with van der Waals surface area (Å²) < 4.78 is 12.5. The molecule has 0 N–H and O–H groups in total. The van der Waals surface area contributed by atoms with E-state index in [1.807, 2.05) is 36.7 Å². The van der Waals surface area contributed by atoms with E-state index in [0.717, 1.165) is 53.5 Å². The van der Waals surface area contributed by atoms with E-state index in [0.29, 0.717) is 6.61 Å². The second-order valence-corrected chi connectivity index (χ2v) is 7.91. The summed E-state index contributed by atoms with van der Waals surface area (Å²) in [4.78, 5) is 24.1. The van der Waals surface area contributed by atoms with Gasteiger partial charge in [0.25, 0.3) is 0 Å². The van der Waals surface area contributed by atoms with E-state index in [9.17, 15) is 4.79 Å². The number of amidine groups is 1. The number of hydrogen-bond donors (Lipinski definition) is 0. The minimum Gasteiger partial charge on any atom is -0.495 e. The maximum atomic E-state index is 12.1. The zero-order valence-corrected chi connectivity index (χ0v) is 18.4. The molecule has 2 aliphatic rings. The van der Waals surface area contributed by atoms with Crippen LogP contribution in [0.1, 0.15) is 31.0 Å². The Morgan fingerprint density at radius 2 is 2.19 bits per heavy atom. The lowest BCUT2D eigenvalue weighted by Gasteiger charge is -2.41. The standard InChI is InChI=1S/C23H28N4O4/c1-15-12-26(14-24-15)19-8-7-17(11-21(19)29-3)10-18-6-5-9-27-20(13-31-25-22(18)27)16(2)23(28)30-4/h7-8,10-12,14,16,20H,5-6,9,13H2,1-4H3/b18-10+. The van der Waals surface area contributed by atoms with Crippen molar-refractivity contribution in [1.29, 1.82) is 0 Å². The fourth-order valence-corrected chi connectivity index (χ4v) is 4.19. The van der Waals surface area contributed by atoms with Gasteiger partial charge in [0.2, 0.25) is 0 Å². The molecule has 1 fully saturated rings. The highest BCUT2D eigenvalue weighted by Crippen LogP contribution is 2.31. The van der Waals surface area contributed by atoms with Crippen molar-refractivity contribution in [1.82, 2.24) is 14.5 Å². The second-order valence-electron chi connectivity index (χ2n) is 7.91. The number of nitrogens with zero attached hydrogens (tertiary/aromatic N) is 4. The lowest BCUT2D eigenvalue weighted by Crippen LogP contribution is -2.53. The van der Waals surface area contributed by atoms with Crippen LogP contribution in [0.3, 0.4) is 0 Å². The fraction of sp³-hybridized carbons (Fsp3) is 0.435. The molecule has 1 saturated heterocycles. The first kappa shape index (κ1) is 21.0. The molecule has 2 atom stereocenters. The van der Waals surface area contributed by atoms with Crippen molar-refractivity contribution in [3.05, 3.63) is 47.6 Å². The van der Waals surface area contributed by atoms with Gasteiger partial charge in [-0.15, -0.1) is 0 Å². The number of esters is 1. The van der Waals surface area contributed by atoms with Gasteiger partial charge in [0, 0.05) is 12.7 Å². The number of methoxy groups -OCH3 is 2. The first-order valence-electron chi connectivity index (χ1n) is 10.5. The van der Waals surface area contributed by atoms with Crippen LogP contribution < -0.4 is 4.74 Å². The number of piperidine rings is 1. The molecule has 0 amide bonds. The molecule has 4 rings (SSSR count). The fourth-order valence-electron chi connectivity index (χ4n) is 4.19. The molecule has 2 unspecified atom stereocenters. The Kier molecular flexibility index (Phi) is 5.97. The number of carbonyl (C=O) groups is 1. The Hall–Kier alpha value is -3.29. The van der Waals surface area contributed by atoms with Crippen LogP contribution in [0.2, 0.25) is 0 Å². The lowest BCUT2D eigenvalue weighted by atomic mass is 9.94. The molecule has 0 saturated carbocycles. The SMILES string of the molecule is COC(=O)C(C)C1CON=C2/C(=C/c3ccc(-n4cnc(C)c4)c(OC)c3)CCCN21. The summed E-state index contributed by atoms with van der Waals surface area (Å²) in [5, 5.41) is 4.34. The second kappa shape index (κ2) is 8.83. The van der Waals surface area contributed by atoms with Crippen molar-refractivity contribution in [2.24, 2.45) is 11.1 Å². The molecule has 1 aromatic carbocycles. The number of aromatic nitrogens is 2. The lowest BCUT2D eigenvalue weighted by molar-refractivity contribution is -0.148. The summed E-state index contributed by atoms with van der Waals surface area (Å²) in [6.07, 6.45) is 7.74. The molecule has 0 radical (unpaired) electrons. The summed E-state index contributed by atoms with van der Waals surface area (Å²) in [5.41, 5.74) is 3.98. The molecule has 0 aliphatic carbocycles. The first-order valence-corrected chi connectivity index (χ1v) is 10.5. The summed E-state index contributed by atoms with van der Waals surface area (Å²) in [5.74, 6) is 1.03. The van der Waals surface area contributed by atoms with Crippen LogP contribution in [-0.2, 0) is 14.4 Å². The molecular formula is C23H28N4O4. The molecule has 8 heteroatoms. The Bertz CT molecular complexity index is 1030. The van der Waals surface area contributed by atoms with E-state index in [4.69, 9.17) is 14.3 Å². The molecule has 3 heterocycles. The van der Waals surface area contributed by atoms with Crippen LogP contribution in [-0.4, -0.2) is 59.7 Å². The summed E-state index contributed by atoms with van der Waals surface area (Å²) >= 11 is 0. The van der Waals surface area contributed by atoms with E-state index in [2.05, 4.69) is 27.2 Å². The van der Waals surface area contributed by atoms with E-state index in [1.54, 1.807) is 13.4 Å². The van der Waals surface area contributed by atoms with E-state index in [1.165, 1.54) is 7.11 Å². The zero-order valence-electron chi connectivity index (χ0n) is 18.4. The number of rotatable bonds is 5. The van der Waals surface area contributed by atoms with Crippen molar-refractivity contribution in [2.45, 2.75) is 32.7 Å². The van der Waals surface area contributed by atoms with Gasteiger partial charge in [0.1, 0.15) is 12.4 Å². The third kappa shape index (κ3) is 4.15. The maximum absolute atomic E-state index is 12.1. The third-order valence-corrected chi connectivity index (χ3v) is 5.89. The van der Waals surface area contributed by atoms with Crippen molar-refractivity contribution in [3.8, 4) is 11.4 Å². The van der Waals surface area contributed by atoms with Crippen LogP contribution in [0.15, 0.2) is 41.5 Å². The van der Waals surface area contributed by atoms with Gasteiger partial charge in [-0.25, -0.2) is 4.98 Å². The number of hydrogen-bond acceptors (Lipinski definition) is 7. The van der Waals surface area contributed by atoms with E-state index < -0.39 is 0 Å². The van der Waals surface area contributed by atoms with Crippen LogP contribution in [0.25, 0.3) is 11.8 Å². The van der Waals surface area contributed by atoms with Crippen LogP contribution in [0, 0.1) is 12.8 Å². The average molecular weight is 425 g/mol. The van der Waals surface area contributed by atoms with E-state index >= 15 is 0 Å². The van der Waals surface area contributed by atoms with Crippen LogP contribution >= 0.6 is 0 Å². The third-order valence-electron chi connectivity index (χ3n) is 5.89. The molecule has 164 valence electrons. The largest absolute Gasteiger partial charge is 0.495 e. The number of imidazole rings is 1. The molecule has 31 heavy (non-hydrogen) atoms. The van der Waals surface area contributed by atoms with Crippen LogP contribution in [0.4, 0.5) is 0 Å². The van der Waals surface area contributed by atoms with Crippen molar-refractivity contribution in [2.75, 3.05) is 27.4 Å². The molecular weight excluding hydrogens is 396 g/mol. The quantitative estimate of drug-likeness (QED) is 0.686. The van der Waals surface area contributed by atoms with Gasteiger partial charge in [-0.2, -0.15) is 0 Å². The summed E-state index contributed by atoms with van der Waals surface area (Å²) in [7, 11) is 3.08. The van der Waals surface area contributed by atoms with Gasteiger partial charge in [-0.1, -0.05) is 11.2 Å². The number of carbonyl (C=O) groups excluding carboxylic acids is 1. The number of oxime groups is 1. The zero-order chi connectivity index (χ0) is 22.0. The van der Waals surface area contributed by atoms with Crippen LogP contribution in [0.5, 0.6) is 5.75 Å². The minimum absolute atomic E-state index is 0.0926. The highest BCUT2D eigenvalue weighted by atomic mass is 16.6. The smallest absolute Gasteiger partial charge is 0.310 e. The molecule has 2 aromatic rings. The molecule has 8 nitrogen and oxygen atoms in total. The Morgan fingerprint density at radius 1 is 1.35 bits per heavy atom. The predicted octanol–water partition coefficient (Wildman–Crippen LogP) is 3.19. The number of aryl methyl sites for hydroxylation is 1. The van der Waals surface area contributed by atoms with Gasteiger partial charge in [-0.05, 0) is 56.0 Å². The normalized spacial score (nSPS) is 20.5. The van der Waals surface area contributed by atoms with Crippen molar-refractivity contribution < 1.29 is 19.1 Å². The van der Waals surface area contributed by atoms with Crippen molar-refractivity contribution >= 4 is 17.9 Å².